The van der Waals surface area contributed by atoms with Crippen molar-refractivity contribution < 1.29 is 39.3 Å². The summed E-state index contributed by atoms with van der Waals surface area (Å²) in [5.74, 6) is 0.0574. The summed E-state index contributed by atoms with van der Waals surface area (Å²) >= 11 is 0. The van der Waals surface area contributed by atoms with Gasteiger partial charge in [0.05, 0.1) is 26.1 Å². The zero-order chi connectivity index (χ0) is 15.5. The Morgan fingerprint density at radius 3 is 1.53 bits per heavy atom. The number of esters is 2. The lowest BCUT2D eigenvalue weighted by Crippen LogP contribution is -2.43. The molecule has 0 aromatic carbocycles. The highest BCUT2D eigenvalue weighted by atomic mass is 16.5. The number of aliphatic hydroxyl groups is 1. The Kier molecular flexibility index (Phi) is 10.6. The molecule has 0 radical (unpaired) electrons. The molecule has 0 amide bonds. The van der Waals surface area contributed by atoms with E-state index in [0.717, 1.165) is 0 Å². The third-order valence-electron chi connectivity index (χ3n) is 1.88. The first kappa shape index (κ1) is 19.6. The van der Waals surface area contributed by atoms with Gasteiger partial charge in [0.25, 0.3) is 0 Å². The lowest BCUT2D eigenvalue weighted by Gasteiger charge is -2.21. The molecular formula is C10H19NO8. The second-order valence-corrected chi connectivity index (χ2v) is 3.30. The molecule has 19 heavy (non-hydrogen) atoms. The third kappa shape index (κ3) is 8.08. The van der Waals surface area contributed by atoms with E-state index >= 15 is 0 Å². The van der Waals surface area contributed by atoms with Crippen LogP contribution in [0.15, 0.2) is 0 Å². The smallest absolute Gasteiger partial charge is 0.336 e. The van der Waals surface area contributed by atoms with Crippen molar-refractivity contribution in [1.82, 2.24) is 0 Å². The zero-order valence-corrected chi connectivity index (χ0v) is 10.8. The molecule has 0 unspecified atom stereocenters. The van der Waals surface area contributed by atoms with E-state index < -0.39 is 36.4 Å². The molecule has 0 saturated heterocycles. The summed E-state index contributed by atoms with van der Waals surface area (Å²) < 4.78 is 9.03. The molecule has 9 nitrogen and oxygen atoms in total. The molecule has 5 N–H and O–H groups in total. The number of ether oxygens (including phenoxy) is 2. The summed E-state index contributed by atoms with van der Waals surface area (Å²) in [6.45, 7) is 3.22. The molecule has 0 bridgehead atoms. The standard InChI is InChI=1S/C10H16O7.H3NO/c1-3-16-7(11)5-10(15,9(13)14)6-8(12)17-4-2;1-2/h15H,3-6H2,1-2H3,(H,13,14);2H,1H2. The van der Waals surface area contributed by atoms with Crippen molar-refractivity contribution in [3.63, 3.8) is 0 Å². The normalized spacial score (nSPS) is 9.95. The van der Waals surface area contributed by atoms with Crippen LogP contribution in [0.2, 0.25) is 0 Å². The lowest BCUT2D eigenvalue weighted by atomic mass is 9.96. The molecular weight excluding hydrogens is 262 g/mol. The lowest BCUT2D eigenvalue weighted by molar-refractivity contribution is -0.173. The molecule has 0 aromatic rings. The molecule has 0 fully saturated rings. The summed E-state index contributed by atoms with van der Waals surface area (Å²) in [6.07, 6.45) is -1.59. The van der Waals surface area contributed by atoms with Gasteiger partial charge in [-0.25, -0.2) is 10.7 Å². The van der Waals surface area contributed by atoms with E-state index in [9.17, 15) is 19.5 Å². The van der Waals surface area contributed by atoms with Crippen molar-refractivity contribution >= 4 is 17.9 Å². The monoisotopic (exact) mass is 281 g/mol. The van der Waals surface area contributed by atoms with Crippen molar-refractivity contribution in [2.45, 2.75) is 32.3 Å². The van der Waals surface area contributed by atoms with Crippen molar-refractivity contribution in [2.24, 2.45) is 5.90 Å². The average molecular weight is 281 g/mol. The van der Waals surface area contributed by atoms with Crippen molar-refractivity contribution in [2.75, 3.05) is 13.2 Å². The molecule has 0 heterocycles. The fraction of sp³-hybridized carbons (Fsp3) is 0.700. The summed E-state index contributed by atoms with van der Waals surface area (Å²) in [5.41, 5.74) is -2.49. The highest BCUT2D eigenvalue weighted by molar-refractivity contribution is 5.88. The van der Waals surface area contributed by atoms with Crippen LogP contribution < -0.4 is 5.90 Å². The van der Waals surface area contributed by atoms with E-state index in [1.165, 1.54) is 0 Å². The van der Waals surface area contributed by atoms with E-state index in [0.29, 0.717) is 0 Å². The first-order chi connectivity index (χ1) is 8.85. The Balaban J connectivity index is 0. The quantitative estimate of drug-likeness (QED) is 0.341. The van der Waals surface area contributed by atoms with Gasteiger partial charge in [-0.15, -0.1) is 0 Å². The average Bonchev–Trinajstić information content (AvgIpc) is 2.31. The first-order valence-electron chi connectivity index (χ1n) is 5.38. The van der Waals surface area contributed by atoms with Gasteiger partial charge in [-0.2, -0.15) is 0 Å². The number of hydrogen-bond donors (Lipinski definition) is 4. The van der Waals surface area contributed by atoms with Crippen LogP contribution in [-0.2, 0) is 23.9 Å². The highest BCUT2D eigenvalue weighted by Gasteiger charge is 2.41. The van der Waals surface area contributed by atoms with Gasteiger partial charge in [0.1, 0.15) is 0 Å². The fourth-order valence-electron chi connectivity index (χ4n) is 1.12. The molecule has 0 aromatic heterocycles. The maximum absolute atomic E-state index is 11.1. The van der Waals surface area contributed by atoms with Crippen LogP contribution >= 0.6 is 0 Å². The number of hydrogen-bond acceptors (Lipinski definition) is 8. The van der Waals surface area contributed by atoms with Crippen LogP contribution in [0.5, 0.6) is 0 Å². The van der Waals surface area contributed by atoms with Gasteiger partial charge in [0.2, 0.25) is 0 Å². The number of carboxylic acid groups (broad SMARTS) is 1. The third-order valence-corrected chi connectivity index (χ3v) is 1.88. The van der Waals surface area contributed by atoms with Gasteiger partial charge in [0, 0.05) is 0 Å². The van der Waals surface area contributed by atoms with Gasteiger partial charge < -0.3 is 24.9 Å². The Morgan fingerprint density at radius 1 is 1.00 bits per heavy atom. The molecule has 9 heteroatoms. The van der Waals surface area contributed by atoms with Crippen molar-refractivity contribution in [3.05, 3.63) is 0 Å². The number of carbonyl (C=O) groups excluding carboxylic acids is 2. The highest BCUT2D eigenvalue weighted by Crippen LogP contribution is 2.17. The fourth-order valence-corrected chi connectivity index (χ4v) is 1.12. The zero-order valence-electron chi connectivity index (χ0n) is 10.8. The van der Waals surface area contributed by atoms with E-state index in [1.54, 1.807) is 13.8 Å². The number of carboxylic acids is 1. The predicted molar refractivity (Wildman–Crippen MR) is 61.1 cm³/mol. The Labute approximate surface area is 109 Å². The molecule has 0 aliphatic heterocycles. The van der Waals surface area contributed by atoms with Crippen LogP contribution in [0, 0.1) is 0 Å². The van der Waals surface area contributed by atoms with Crippen molar-refractivity contribution in [1.29, 1.82) is 0 Å². The summed E-state index contributed by atoms with van der Waals surface area (Å²) in [5, 5.41) is 25.0. The molecule has 0 spiro atoms. The van der Waals surface area contributed by atoms with Gasteiger partial charge in [0.15, 0.2) is 5.60 Å². The van der Waals surface area contributed by atoms with Crippen LogP contribution in [0.4, 0.5) is 0 Å². The van der Waals surface area contributed by atoms with Crippen LogP contribution in [0.1, 0.15) is 26.7 Å². The van der Waals surface area contributed by atoms with Crippen LogP contribution in [0.25, 0.3) is 0 Å². The topological polar surface area (TPSA) is 156 Å². The van der Waals surface area contributed by atoms with Gasteiger partial charge in [-0.3, -0.25) is 9.59 Å². The maximum atomic E-state index is 11.1. The number of nitrogens with two attached hydrogens (primary N) is 1. The predicted octanol–water partition coefficient (Wildman–Crippen LogP) is -0.957. The number of aliphatic carboxylic acids is 1. The van der Waals surface area contributed by atoms with E-state index in [4.69, 9.17) is 10.3 Å². The first-order valence-corrected chi connectivity index (χ1v) is 5.38. The number of rotatable bonds is 7. The molecule has 0 saturated carbocycles. The second-order valence-electron chi connectivity index (χ2n) is 3.30. The molecule has 0 atom stereocenters. The molecule has 0 rings (SSSR count). The largest absolute Gasteiger partial charge is 0.479 e. The van der Waals surface area contributed by atoms with E-state index in [1.807, 2.05) is 0 Å². The van der Waals surface area contributed by atoms with Crippen LogP contribution in [-0.4, -0.2) is 52.1 Å². The molecule has 0 aliphatic carbocycles. The number of carbonyl (C=O) groups is 3. The van der Waals surface area contributed by atoms with E-state index in [-0.39, 0.29) is 13.2 Å². The van der Waals surface area contributed by atoms with Gasteiger partial charge in [-0.1, -0.05) is 0 Å². The summed E-state index contributed by atoms with van der Waals surface area (Å²) in [7, 11) is 0. The summed E-state index contributed by atoms with van der Waals surface area (Å²) in [4.78, 5) is 33.0. The maximum Gasteiger partial charge on any atom is 0.336 e. The summed E-state index contributed by atoms with van der Waals surface area (Å²) in [6, 6.07) is 0. The SMILES string of the molecule is CCOC(=O)CC(O)(CC(=O)OCC)C(=O)O.NO. The van der Waals surface area contributed by atoms with Gasteiger partial charge >= 0.3 is 17.9 Å². The molecule has 0 aliphatic rings. The minimum Gasteiger partial charge on any atom is -0.479 e. The van der Waals surface area contributed by atoms with E-state index in [2.05, 4.69) is 15.4 Å². The Hall–Kier alpha value is -1.71. The Morgan fingerprint density at radius 2 is 1.32 bits per heavy atom. The van der Waals surface area contributed by atoms with Crippen LogP contribution in [0.3, 0.4) is 0 Å². The Bertz CT molecular complexity index is 284. The second kappa shape index (κ2) is 10.2. The minimum atomic E-state index is -2.49. The van der Waals surface area contributed by atoms with Crippen molar-refractivity contribution in [3.8, 4) is 0 Å². The van der Waals surface area contributed by atoms with Gasteiger partial charge in [-0.05, 0) is 13.8 Å². The molecule has 112 valence electrons. The minimum absolute atomic E-state index is 0.0634.